The minimum Gasteiger partial charge on any atom is -0.382 e. The molecule has 1 saturated carbocycles. The van der Waals surface area contributed by atoms with Crippen LogP contribution in [0.3, 0.4) is 0 Å². The second kappa shape index (κ2) is 15.1. The summed E-state index contributed by atoms with van der Waals surface area (Å²) in [5.41, 5.74) is 0. The molecule has 1 saturated heterocycles. The molecule has 184 valence electrons. The number of aryl methyl sites for hydroxylation is 1. The van der Waals surface area contributed by atoms with Crippen LogP contribution >= 0.6 is 24.0 Å². The number of aliphatic imine (C=N–C) groups is 1. The van der Waals surface area contributed by atoms with Gasteiger partial charge in [0.05, 0.1) is 0 Å². The average molecular weight is 562 g/mol. The predicted octanol–water partition coefficient (Wildman–Crippen LogP) is 3.25. The van der Waals surface area contributed by atoms with E-state index >= 15 is 0 Å². The zero-order valence-corrected chi connectivity index (χ0v) is 22.6. The number of piperidine rings is 1. The highest BCUT2D eigenvalue weighted by atomic mass is 127. The van der Waals surface area contributed by atoms with Gasteiger partial charge in [-0.05, 0) is 51.9 Å². The number of hydrogen-bond acceptors (Lipinski definition) is 5. The molecule has 2 fully saturated rings. The number of nitrogens with one attached hydrogen (secondary N) is 2. The normalized spacial score (nSPS) is 19.0. The molecule has 0 radical (unpaired) electrons. The number of nitrogens with zero attached hydrogens (tertiary/aromatic N) is 5. The van der Waals surface area contributed by atoms with Crippen LogP contribution in [-0.4, -0.2) is 71.1 Å². The van der Waals surface area contributed by atoms with Crippen molar-refractivity contribution in [2.45, 2.75) is 77.8 Å². The first-order chi connectivity index (χ1) is 15.2. The topological polar surface area (TPSA) is 79.6 Å². The van der Waals surface area contributed by atoms with Crippen LogP contribution in [0.2, 0.25) is 0 Å². The van der Waals surface area contributed by atoms with Gasteiger partial charge in [0, 0.05) is 52.5 Å². The Kier molecular flexibility index (Phi) is 12.8. The van der Waals surface area contributed by atoms with E-state index < -0.39 is 0 Å². The van der Waals surface area contributed by atoms with Crippen molar-refractivity contribution < 1.29 is 4.74 Å². The minimum atomic E-state index is 0. The Morgan fingerprint density at radius 3 is 2.53 bits per heavy atom. The van der Waals surface area contributed by atoms with Gasteiger partial charge < -0.3 is 24.8 Å². The third kappa shape index (κ3) is 9.13. The number of halogens is 1. The van der Waals surface area contributed by atoms with Gasteiger partial charge >= 0.3 is 0 Å². The van der Waals surface area contributed by atoms with E-state index in [4.69, 9.17) is 9.73 Å². The Hall–Kier alpha value is -0.940. The molecule has 1 aromatic heterocycles. The van der Waals surface area contributed by atoms with Crippen molar-refractivity contribution in [2.75, 3.05) is 39.4 Å². The van der Waals surface area contributed by atoms with Crippen molar-refractivity contribution in [1.82, 2.24) is 30.3 Å². The third-order valence-electron chi connectivity index (χ3n) is 6.69. The lowest BCUT2D eigenvalue weighted by Crippen LogP contribution is -2.49. The Balaban J connectivity index is 0.00000363. The average Bonchev–Trinajstić information content (AvgIpc) is 3.11. The summed E-state index contributed by atoms with van der Waals surface area (Å²) in [6.45, 7) is 10.6. The van der Waals surface area contributed by atoms with E-state index in [0.717, 1.165) is 49.7 Å². The molecule has 0 bridgehead atoms. The zero-order chi connectivity index (χ0) is 21.9. The Bertz CT molecular complexity index is 667. The molecule has 9 heteroatoms. The van der Waals surface area contributed by atoms with Crippen LogP contribution in [-0.2, 0) is 18.3 Å². The molecule has 2 N–H and O–H groups in total. The van der Waals surface area contributed by atoms with Crippen molar-refractivity contribution in [2.24, 2.45) is 18.0 Å². The van der Waals surface area contributed by atoms with Gasteiger partial charge in [-0.2, -0.15) is 0 Å². The van der Waals surface area contributed by atoms with E-state index in [9.17, 15) is 0 Å². The highest BCUT2D eigenvalue weighted by Gasteiger charge is 2.23. The highest BCUT2D eigenvalue weighted by Crippen LogP contribution is 2.25. The van der Waals surface area contributed by atoms with E-state index in [1.165, 1.54) is 64.6 Å². The molecule has 32 heavy (non-hydrogen) atoms. The predicted molar refractivity (Wildman–Crippen MR) is 141 cm³/mol. The lowest BCUT2D eigenvalue weighted by molar-refractivity contribution is 0.145. The largest absolute Gasteiger partial charge is 0.382 e. The summed E-state index contributed by atoms with van der Waals surface area (Å²) in [4.78, 5) is 7.49. The van der Waals surface area contributed by atoms with Crippen LogP contribution in [0.1, 0.15) is 69.9 Å². The van der Waals surface area contributed by atoms with Gasteiger partial charge in [-0.1, -0.05) is 19.3 Å². The fraction of sp³-hybridized carbons (Fsp3) is 0.870. The summed E-state index contributed by atoms with van der Waals surface area (Å²) < 4.78 is 7.46. The molecular weight excluding hydrogens is 517 g/mol. The SMILES string of the molecule is CCOCCCNC(=NCc1nnc(C)n1C)NC1CCN(CC2CCCCC2)CC1.I. The fourth-order valence-corrected chi connectivity index (χ4v) is 4.60. The third-order valence-corrected chi connectivity index (χ3v) is 6.69. The maximum absolute atomic E-state index is 5.46. The van der Waals surface area contributed by atoms with Crippen LogP contribution in [0.15, 0.2) is 4.99 Å². The van der Waals surface area contributed by atoms with E-state index in [0.29, 0.717) is 12.6 Å². The smallest absolute Gasteiger partial charge is 0.191 e. The Morgan fingerprint density at radius 2 is 1.88 bits per heavy atom. The Morgan fingerprint density at radius 1 is 1.12 bits per heavy atom. The molecule has 0 unspecified atom stereocenters. The van der Waals surface area contributed by atoms with Gasteiger partial charge in [0.1, 0.15) is 12.4 Å². The summed E-state index contributed by atoms with van der Waals surface area (Å²) in [5.74, 6) is 3.60. The number of rotatable bonds is 10. The molecule has 1 aromatic rings. The molecule has 0 amide bonds. The Labute approximate surface area is 211 Å². The molecule has 2 aliphatic rings. The summed E-state index contributed by atoms with van der Waals surface area (Å²) in [6.07, 6.45) is 10.5. The van der Waals surface area contributed by atoms with E-state index in [-0.39, 0.29) is 24.0 Å². The van der Waals surface area contributed by atoms with Crippen molar-refractivity contribution >= 4 is 29.9 Å². The molecule has 3 rings (SSSR count). The maximum Gasteiger partial charge on any atom is 0.191 e. The minimum absolute atomic E-state index is 0. The van der Waals surface area contributed by atoms with Crippen LogP contribution in [0.4, 0.5) is 0 Å². The summed E-state index contributed by atoms with van der Waals surface area (Å²) in [6, 6.07) is 0.474. The number of likely N-dealkylation sites (tertiary alicyclic amines) is 1. The zero-order valence-electron chi connectivity index (χ0n) is 20.3. The quantitative estimate of drug-likeness (QED) is 0.198. The van der Waals surface area contributed by atoms with Gasteiger partial charge in [0.2, 0.25) is 0 Å². The lowest BCUT2D eigenvalue weighted by atomic mass is 9.88. The van der Waals surface area contributed by atoms with Crippen molar-refractivity contribution in [3.63, 3.8) is 0 Å². The van der Waals surface area contributed by atoms with Crippen LogP contribution in [0, 0.1) is 12.8 Å². The summed E-state index contributed by atoms with van der Waals surface area (Å²) in [7, 11) is 1.99. The van der Waals surface area contributed by atoms with Crippen LogP contribution in [0.5, 0.6) is 0 Å². The first kappa shape index (κ1) is 27.3. The number of aromatic nitrogens is 3. The molecule has 0 aromatic carbocycles. The first-order valence-electron chi connectivity index (χ1n) is 12.4. The van der Waals surface area contributed by atoms with Crippen molar-refractivity contribution in [3.8, 4) is 0 Å². The van der Waals surface area contributed by atoms with Crippen molar-refractivity contribution in [1.29, 1.82) is 0 Å². The van der Waals surface area contributed by atoms with Crippen LogP contribution in [0.25, 0.3) is 0 Å². The lowest BCUT2D eigenvalue weighted by Gasteiger charge is -2.36. The van der Waals surface area contributed by atoms with Gasteiger partial charge in [-0.15, -0.1) is 34.2 Å². The summed E-state index contributed by atoms with van der Waals surface area (Å²) in [5, 5.41) is 15.6. The highest BCUT2D eigenvalue weighted by molar-refractivity contribution is 14.0. The van der Waals surface area contributed by atoms with Crippen LogP contribution < -0.4 is 10.6 Å². The van der Waals surface area contributed by atoms with E-state index in [2.05, 4.69) is 25.7 Å². The van der Waals surface area contributed by atoms with Crippen molar-refractivity contribution in [3.05, 3.63) is 11.6 Å². The molecule has 0 atom stereocenters. The van der Waals surface area contributed by atoms with E-state index in [1.807, 2.05) is 25.5 Å². The molecular formula is C23H44IN7O. The number of hydrogen-bond donors (Lipinski definition) is 2. The molecule has 2 heterocycles. The second-order valence-electron chi connectivity index (χ2n) is 9.09. The van der Waals surface area contributed by atoms with Gasteiger partial charge in [0.15, 0.2) is 11.8 Å². The molecule has 0 spiro atoms. The fourth-order valence-electron chi connectivity index (χ4n) is 4.60. The monoisotopic (exact) mass is 561 g/mol. The second-order valence-corrected chi connectivity index (χ2v) is 9.09. The van der Waals surface area contributed by atoms with Gasteiger partial charge in [-0.3, -0.25) is 0 Å². The van der Waals surface area contributed by atoms with Gasteiger partial charge in [-0.25, -0.2) is 4.99 Å². The van der Waals surface area contributed by atoms with E-state index in [1.54, 1.807) is 0 Å². The van der Waals surface area contributed by atoms with Gasteiger partial charge in [0.25, 0.3) is 0 Å². The maximum atomic E-state index is 5.46. The molecule has 1 aliphatic carbocycles. The number of ether oxygens (including phenoxy) is 1. The molecule has 1 aliphatic heterocycles. The molecule has 8 nitrogen and oxygen atoms in total. The first-order valence-corrected chi connectivity index (χ1v) is 12.4. The number of guanidine groups is 1. The summed E-state index contributed by atoms with van der Waals surface area (Å²) >= 11 is 0. The standard InChI is InChI=1S/C23H43N7O.HI/c1-4-31-16-8-13-24-23(25-17-22-28-27-19(2)29(22)3)26-21-11-14-30(15-12-21)18-20-9-6-5-7-10-20;/h20-21H,4-18H2,1-3H3,(H2,24,25,26);1H.